The highest BCUT2D eigenvalue weighted by atomic mass is 16.3. The molecule has 0 bridgehead atoms. The topological polar surface area (TPSA) is 52.6 Å². The van der Waals surface area contributed by atoms with Gasteiger partial charge < -0.3 is 10.4 Å². The molecule has 0 spiro atoms. The van der Waals surface area contributed by atoms with Gasteiger partial charge in [0, 0.05) is 19.7 Å². The zero-order valence-electron chi connectivity index (χ0n) is 8.83. The van der Waals surface area contributed by atoms with E-state index in [1.54, 1.807) is 7.05 Å². The van der Waals surface area contributed by atoms with Crippen LogP contribution >= 0.6 is 0 Å². The molecule has 1 heterocycles. The minimum atomic E-state index is 0.0647. The summed E-state index contributed by atoms with van der Waals surface area (Å²) in [5, 5.41) is 11.5. The molecule has 1 unspecified atom stereocenters. The Hall–Kier alpha value is -0.610. The molecular weight excluding hydrogens is 180 g/mol. The van der Waals surface area contributed by atoms with Gasteiger partial charge >= 0.3 is 0 Å². The van der Waals surface area contributed by atoms with Gasteiger partial charge in [-0.25, -0.2) is 0 Å². The second kappa shape index (κ2) is 5.98. The van der Waals surface area contributed by atoms with Gasteiger partial charge in [-0.1, -0.05) is 6.42 Å². The Kier molecular flexibility index (Phi) is 4.90. The molecule has 4 nitrogen and oxygen atoms in total. The Labute approximate surface area is 85.3 Å². The van der Waals surface area contributed by atoms with Gasteiger partial charge in [-0.05, 0) is 25.8 Å². The summed E-state index contributed by atoms with van der Waals surface area (Å²) in [7, 11) is 1.66. The van der Waals surface area contributed by atoms with Crippen molar-refractivity contribution >= 4 is 5.91 Å². The molecule has 1 aliphatic rings. The molecule has 1 saturated heterocycles. The third-order valence-electron chi connectivity index (χ3n) is 2.84. The average molecular weight is 200 g/mol. The van der Waals surface area contributed by atoms with Gasteiger partial charge in [0.15, 0.2) is 0 Å². The van der Waals surface area contributed by atoms with E-state index in [0.717, 1.165) is 19.4 Å². The van der Waals surface area contributed by atoms with Gasteiger partial charge in [0.05, 0.1) is 6.54 Å². The van der Waals surface area contributed by atoms with E-state index in [2.05, 4.69) is 10.2 Å². The van der Waals surface area contributed by atoms with E-state index >= 15 is 0 Å². The van der Waals surface area contributed by atoms with Crippen molar-refractivity contribution in [3.05, 3.63) is 0 Å². The first kappa shape index (κ1) is 11.5. The lowest BCUT2D eigenvalue weighted by Gasteiger charge is -2.34. The van der Waals surface area contributed by atoms with Crippen LogP contribution in [0.5, 0.6) is 0 Å². The molecule has 2 N–H and O–H groups in total. The molecule has 1 fully saturated rings. The van der Waals surface area contributed by atoms with Crippen molar-refractivity contribution in [3.63, 3.8) is 0 Å². The van der Waals surface area contributed by atoms with Crippen LogP contribution in [0.1, 0.15) is 25.7 Å². The highest BCUT2D eigenvalue weighted by molar-refractivity contribution is 5.77. The zero-order valence-corrected chi connectivity index (χ0v) is 8.83. The lowest BCUT2D eigenvalue weighted by Crippen LogP contribution is -2.45. The van der Waals surface area contributed by atoms with Gasteiger partial charge in [-0.15, -0.1) is 0 Å². The van der Waals surface area contributed by atoms with E-state index in [1.165, 1.54) is 12.8 Å². The van der Waals surface area contributed by atoms with E-state index in [0.29, 0.717) is 12.6 Å². The monoisotopic (exact) mass is 200 g/mol. The number of hydrogen-bond donors (Lipinski definition) is 2. The van der Waals surface area contributed by atoms with Crippen LogP contribution in [0.2, 0.25) is 0 Å². The number of aliphatic hydroxyl groups excluding tert-OH is 1. The smallest absolute Gasteiger partial charge is 0.233 e. The van der Waals surface area contributed by atoms with Crippen molar-refractivity contribution in [3.8, 4) is 0 Å². The highest BCUT2D eigenvalue weighted by Gasteiger charge is 2.23. The summed E-state index contributed by atoms with van der Waals surface area (Å²) in [6.45, 7) is 1.67. The van der Waals surface area contributed by atoms with Crippen LogP contribution in [0.15, 0.2) is 0 Å². The summed E-state index contributed by atoms with van der Waals surface area (Å²) in [5.41, 5.74) is 0. The number of nitrogens with zero attached hydrogens (tertiary/aromatic N) is 1. The summed E-state index contributed by atoms with van der Waals surface area (Å²) >= 11 is 0. The predicted molar refractivity (Wildman–Crippen MR) is 55.0 cm³/mol. The van der Waals surface area contributed by atoms with Crippen molar-refractivity contribution in [1.29, 1.82) is 0 Å². The lowest BCUT2D eigenvalue weighted by atomic mass is 10.00. The van der Waals surface area contributed by atoms with Gasteiger partial charge in [-0.3, -0.25) is 9.69 Å². The van der Waals surface area contributed by atoms with Crippen LogP contribution in [-0.4, -0.2) is 48.7 Å². The molecule has 0 radical (unpaired) electrons. The van der Waals surface area contributed by atoms with Crippen molar-refractivity contribution in [2.45, 2.75) is 31.7 Å². The number of hydrogen-bond acceptors (Lipinski definition) is 3. The number of amides is 1. The molecule has 0 aromatic heterocycles. The normalized spacial score (nSPS) is 23.4. The van der Waals surface area contributed by atoms with Crippen LogP contribution < -0.4 is 5.32 Å². The summed E-state index contributed by atoms with van der Waals surface area (Å²) < 4.78 is 0. The summed E-state index contributed by atoms with van der Waals surface area (Å²) in [5.74, 6) is 0.0647. The molecule has 0 aliphatic carbocycles. The fourth-order valence-corrected chi connectivity index (χ4v) is 2.01. The van der Waals surface area contributed by atoms with Crippen LogP contribution in [0.3, 0.4) is 0 Å². The second-order valence-corrected chi connectivity index (χ2v) is 3.81. The summed E-state index contributed by atoms with van der Waals surface area (Å²) in [6.07, 6.45) is 4.28. The number of carbonyl (C=O) groups excluding carboxylic acids is 1. The van der Waals surface area contributed by atoms with E-state index in [4.69, 9.17) is 5.11 Å². The average Bonchev–Trinajstić information content (AvgIpc) is 2.21. The first-order chi connectivity index (χ1) is 6.77. The van der Waals surface area contributed by atoms with Crippen LogP contribution in [-0.2, 0) is 4.79 Å². The van der Waals surface area contributed by atoms with Gasteiger partial charge in [0.2, 0.25) is 5.91 Å². The maximum atomic E-state index is 11.2. The molecule has 1 aliphatic heterocycles. The molecule has 14 heavy (non-hydrogen) atoms. The standard InChI is InChI=1S/C10H20N2O2/c1-11-10(14)8-12-6-3-2-4-9(12)5-7-13/h9,13H,2-8H2,1H3,(H,11,14). The Bertz CT molecular complexity index is 183. The minimum absolute atomic E-state index is 0.0647. The van der Waals surface area contributed by atoms with E-state index < -0.39 is 0 Å². The fraction of sp³-hybridized carbons (Fsp3) is 0.900. The third kappa shape index (κ3) is 3.27. The van der Waals surface area contributed by atoms with E-state index in [9.17, 15) is 4.79 Å². The molecule has 0 aromatic rings. The first-order valence-corrected chi connectivity index (χ1v) is 5.33. The number of aliphatic hydroxyl groups is 1. The van der Waals surface area contributed by atoms with E-state index in [-0.39, 0.29) is 12.5 Å². The molecule has 1 atom stereocenters. The molecular formula is C10H20N2O2. The Balaban J connectivity index is 2.41. The Morgan fingerprint density at radius 1 is 1.57 bits per heavy atom. The molecule has 82 valence electrons. The van der Waals surface area contributed by atoms with Crippen molar-refractivity contribution < 1.29 is 9.90 Å². The largest absolute Gasteiger partial charge is 0.396 e. The maximum absolute atomic E-state index is 11.2. The van der Waals surface area contributed by atoms with Crippen LogP contribution in [0.25, 0.3) is 0 Å². The van der Waals surface area contributed by atoms with Gasteiger partial charge in [0.1, 0.15) is 0 Å². The quantitative estimate of drug-likeness (QED) is 0.670. The summed E-state index contributed by atoms with van der Waals surface area (Å²) in [6, 6.07) is 0.394. The number of likely N-dealkylation sites (tertiary alicyclic amines) is 1. The molecule has 1 amide bonds. The van der Waals surface area contributed by atoms with Crippen molar-refractivity contribution in [2.75, 3.05) is 26.7 Å². The zero-order chi connectivity index (χ0) is 10.4. The van der Waals surface area contributed by atoms with E-state index in [1.807, 2.05) is 0 Å². The second-order valence-electron chi connectivity index (χ2n) is 3.81. The number of piperidine rings is 1. The number of nitrogens with one attached hydrogen (secondary N) is 1. The Morgan fingerprint density at radius 3 is 3.00 bits per heavy atom. The highest BCUT2D eigenvalue weighted by Crippen LogP contribution is 2.18. The summed E-state index contributed by atoms with van der Waals surface area (Å²) in [4.78, 5) is 13.4. The Morgan fingerprint density at radius 2 is 2.36 bits per heavy atom. The molecule has 1 rings (SSSR count). The number of likely N-dealkylation sites (N-methyl/N-ethyl adjacent to an activating group) is 1. The number of rotatable bonds is 4. The first-order valence-electron chi connectivity index (χ1n) is 5.33. The maximum Gasteiger partial charge on any atom is 0.233 e. The SMILES string of the molecule is CNC(=O)CN1CCCCC1CCO. The van der Waals surface area contributed by atoms with Crippen molar-refractivity contribution in [2.24, 2.45) is 0 Å². The van der Waals surface area contributed by atoms with Crippen LogP contribution in [0, 0.1) is 0 Å². The third-order valence-corrected chi connectivity index (χ3v) is 2.84. The lowest BCUT2D eigenvalue weighted by molar-refractivity contribution is -0.122. The minimum Gasteiger partial charge on any atom is -0.396 e. The van der Waals surface area contributed by atoms with Gasteiger partial charge in [-0.2, -0.15) is 0 Å². The molecule has 0 saturated carbocycles. The van der Waals surface area contributed by atoms with Gasteiger partial charge in [0.25, 0.3) is 0 Å². The number of carbonyl (C=O) groups is 1. The molecule has 0 aromatic carbocycles. The predicted octanol–water partition coefficient (Wildman–Crippen LogP) is -0.0307. The van der Waals surface area contributed by atoms with Crippen LogP contribution in [0.4, 0.5) is 0 Å². The fourth-order valence-electron chi connectivity index (χ4n) is 2.01. The molecule has 4 heteroatoms. The van der Waals surface area contributed by atoms with Crippen molar-refractivity contribution in [1.82, 2.24) is 10.2 Å².